The summed E-state index contributed by atoms with van der Waals surface area (Å²) in [7, 11) is -2.68. The number of carbonyl (C=O) groups is 1. The number of aliphatic hydroxyl groups is 1. The highest BCUT2D eigenvalue weighted by Gasteiger charge is 2.35. The van der Waals surface area contributed by atoms with Crippen LogP contribution in [0.5, 0.6) is 0 Å². The number of carbonyl (C=O) groups excluding carboxylic acids is 1. The third kappa shape index (κ3) is 12.3. The van der Waals surface area contributed by atoms with E-state index < -0.39 is 16.1 Å². The van der Waals surface area contributed by atoms with E-state index in [9.17, 15) is 9.90 Å². The topological polar surface area (TPSA) is 37.3 Å². The van der Waals surface area contributed by atoms with Crippen LogP contribution in [-0.2, 0) is 4.79 Å². The van der Waals surface area contributed by atoms with Crippen molar-refractivity contribution in [2.75, 3.05) is 0 Å². The van der Waals surface area contributed by atoms with Crippen molar-refractivity contribution < 1.29 is 9.90 Å². The molecule has 1 N–H and O–H groups in total. The first-order chi connectivity index (χ1) is 18.2. The van der Waals surface area contributed by atoms with E-state index in [4.69, 9.17) is 0 Å². The number of benzene rings is 1. The van der Waals surface area contributed by atoms with Crippen LogP contribution in [0, 0.1) is 44.3 Å². The minimum Gasteiger partial charge on any atom is -0.392 e. The number of aliphatic hydroxyl groups excluding tert-OH is 1. The number of hydrogen-bond acceptors (Lipinski definition) is 2. The first kappa shape index (κ1) is 36.2. The van der Waals surface area contributed by atoms with Crippen LogP contribution in [0.15, 0.2) is 24.3 Å². The predicted molar refractivity (Wildman–Crippen MR) is 184 cm³/mol. The molecular formula is C34H55IO2Si2. The third-order valence-corrected chi connectivity index (χ3v) is 15.3. The molecule has 0 aliphatic heterocycles. The second-order valence-corrected chi connectivity index (χ2v) is 23.8. The summed E-state index contributed by atoms with van der Waals surface area (Å²) < 4.78 is 1.34. The molecule has 2 fully saturated rings. The van der Waals surface area contributed by atoms with E-state index in [0.29, 0.717) is 5.78 Å². The lowest BCUT2D eigenvalue weighted by Gasteiger charge is -2.34. The Kier molecular flexibility index (Phi) is 15.3. The summed E-state index contributed by atoms with van der Waals surface area (Å²) in [5.74, 6) is 7.13. The van der Waals surface area contributed by atoms with Crippen LogP contribution in [0.4, 0.5) is 0 Å². The SMILES string of the molecule is CC[Si](C#C[C@@]1(C)CCCCC1=O)(CC)CC.C[C@]1(C#C[Si](C)(C)C)CCCC[C@H]1O.Cc1ccccc1I. The van der Waals surface area contributed by atoms with Gasteiger partial charge in [0, 0.05) is 9.99 Å². The van der Waals surface area contributed by atoms with Gasteiger partial charge in [-0.3, -0.25) is 4.79 Å². The molecule has 0 spiro atoms. The highest BCUT2D eigenvalue weighted by molar-refractivity contribution is 14.1. The lowest BCUT2D eigenvalue weighted by molar-refractivity contribution is -0.127. The molecular weight excluding hydrogens is 623 g/mol. The van der Waals surface area contributed by atoms with Gasteiger partial charge in [0.1, 0.15) is 16.1 Å². The molecule has 2 nitrogen and oxygen atoms in total. The molecule has 0 heterocycles. The molecule has 0 unspecified atom stereocenters. The molecule has 2 aliphatic carbocycles. The van der Waals surface area contributed by atoms with Crippen LogP contribution in [-0.4, -0.2) is 33.1 Å². The second-order valence-electron chi connectivity index (χ2n) is 13.0. The van der Waals surface area contributed by atoms with Gasteiger partial charge in [-0.15, -0.1) is 17.0 Å². The Morgan fingerprint density at radius 2 is 1.51 bits per heavy atom. The molecule has 218 valence electrons. The molecule has 2 saturated carbocycles. The Morgan fingerprint density at radius 3 is 1.97 bits per heavy atom. The zero-order valence-corrected chi connectivity index (χ0v) is 30.6. The molecule has 0 amide bonds. The molecule has 0 bridgehead atoms. The van der Waals surface area contributed by atoms with Gasteiger partial charge in [0.05, 0.1) is 16.9 Å². The van der Waals surface area contributed by atoms with E-state index >= 15 is 0 Å². The lowest BCUT2D eigenvalue weighted by Crippen LogP contribution is -2.34. The van der Waals surface area contributed by atoms with Crippen LogP contribution < -0.4 is 0 Å². The summed E-state index contributed by atoms with van der Waals surface area (Å²) in [6, 6.07) is 12.0. The maximum atomic E-state index is 12.0. The van der Waals surface area contributed by atoms with Crippen molar-refractivity contribution in [3.63, 3.8) is 0 Å². The Balaban J connectivity index is 0.000000310. The zero-order valence-electron chi connectivity index (χ0n) is 26.4. The van der Waals surface area contributed by atoms with Crippen molar-refractivity contribution in [2.45, 2.75) is 137 Å². The smallest absolute Gasteiger partial charge is 0.150 e. The molecule has 39 heavy (non-hydrogen) atoms. The third-order valence-electron chi connectivity index (χ3n) is 8.54. The number of ketones is 1. The molecule has 5 heteroatoms. The number of hydrogen-bond donors (Lipinski definition) is 1. The van der Waals surface area contributed by atoms with E-state index in [2.05, 4.69) is 131 Å². The molecule has 1 aromatic carbocycles. The van der Waals surface area contributed by atoms with Crippen molar-refractivity contribution in [3.8, 4) is 22.9 Å². The highest BCUT2D eigenvalue weighted by atomic mass is 127. The highest BCUT2D eigenvalue weighted by Crippen LogP contribution is 2.35. The van der Waals surface area contributed by atoms with Gasteiger partial charge in [0.2, 0.25) is 0 Å². The fourth-order valence-electron chi connectivity index (χ4n) is 4.94. The summed E-state index contributed by atoms with van der Waals surface area (Å²) in [5.41, 5.74) is 7.89. The van der Waals surface area contributed by atoms with Gasteiger partial charge in [-0.2, -0.15) is 0 Å². The average Bonchev–Trinajstić information content (AvgIpc) is 2.90. The minimum absolute atomic E-state index is 0.126. The second kappa shape index (κ2) is 16.5. The Hall–Kier alpha value is -0.866. The predicted octanol–water partition coefficient (Wildman–Crippen LogP) is 9.59. The van der Waals surface area contributed by atoms with E-state index in [1.54, 1.807) is 0 Å². The monoisotopic (exact) mass is 678 g/mol. The fourth-order valence-corrected chi connectivity index (χ4v) is 8.56. The number of rotatable bonds is 3. The number of aryl methyl sites for hydroxylation is 1. The first-order valence-corrected chi connectivity index (χ1v) is 22.4. The molecule has 1 aromatic rings. The Bertz CT molecular complexity index is 1010. The summed E-state index contributed by atoms with van der Waals surface area (Å²) in [5, 5.41) is 9.94. The van der Waals surface area contributed by atoms with Gasteiger partial charge >= 0.3 is 0 Å². The van der Waals surface area contributed by atoms with Crippen LogP contribution >= 0.6 is 22.6 Å². The average molecular weight is 679 g/mol. The van der Waals surface area contributed by atoms with Crippen molar-refractivity contribution in [1.82, 2.24) is 0 Å². The molecule has 2 aliphatic rings. The van der Waals surface area contributed by atoms with Crippen molar-refractivity contribution >= 4 is 44.5 Å². The van der Waals surface area contributed by atoms with E-state index in [-0.39, 0.29) is 16.9 Å². The van der Waals surface area contributed by atoms with E-state index in [0.717, 1.165) is 44.9 Å². The van der Waals surface area contributed by atoms with Crippen LogP contribution in [0.3, 0.4) is 0 Å². The largest absolute Gasteiger partial charge is 0.392 e. The lowest BCUT2D eigenvalue weighted by atomic mass is 9.74. The fraction of sp³-hybridized carbons (Fsp3) is 0.676. The van der Waals surface area contributed by atoms with Crippen LogP contribution in [0.2, 0.25) is 37.8 Å². The van der Waals surface area contributed by atoms with Gasteiger partial charge in [0.15, 0.2) is 5.78 Å². The van der Waals surface area contributed by atoms with Crippen molar-refractivity contribution in [2.24, 2.45) is 10.8 Å². The number of Topliss-reactive ketones (excluding diaryl/α,β-unsaturated/α-hetero) is 1. The van der Waals surface area contributed by atoms with Crippen molar-refractivity contribution in [3.05, 3.63) is 33.4 Å². The maximum absolute atomic E-state index is 12.0. The van der Waals surface area contributed by atoms with Crippen molar-refractivity contribution in [1.29, 1.82) is 0 Å². The van der Waals surface area contributed by atoms with E-state index in [1.165, 1.54) is 33.7 Å². The summed E-state index contributed by atoms with van der Waals surface area (Å²) in [6.45, 7) is 19.8. The molecule has 0 saturated heterocycles. The van der Waals surface area contributed by atoms with Gasteiger partial charge in [0.25, 0.3) is 0 Å². The normalized spacial score (nSPS) is 24.9. The standard InChI is InChI=1S/C15H26OSi.C12H22OSi.C7H7I/c1-5-17(6-2,7-3)13-12-15(4)11-9-8-10-14(15)16;1-12(9-10-14(2,3)4)8-6-5-7-11(12)13;1-6-4-2-3-5-7(6)8/h5-11H2,1-4H3;11,13H,5-8H2,1-4H3;2-5H,1H3/t15-;11-,12-;/m11./s1. The van der Waals surface area contributed by atoms with Crippen LogP contribution in [0.1, 0.15) is 91.5 Å². The molecule has 0 aromatic heterocycles. The Morgan fingerprint density at radius 1 is 0.923 bits per heavy atom. The van der Waals surface area contributed by atoms with Crippen LogP contribution in [0.25, 0.3) is 0 Å². The van der Waals surface area contributed by atoms with Gasteiger partial charge in [-0.25, -0.2) is 0 Å². The quantitative estimate of drug-likeness (QED) is 0.197. The molecule has 0 radical (unpaired) electrons. The summed E-state index contributed by atoms with van der Waals surface area (Å²) in [4.78, 5) is 12.0. The number of halogens is 1. The minimum atomic E-state index is -1.39. The first-order valence-electron chi connectivity index (χ1n) is 15.2. The Labute approximate surface area is 257 Å². The van der Waals surface area contributed by atoms with Gasteiger partial charge in [-0.05, 0) is 98.8 Å². The van der Waals surface area contributed by atoms with Gasteiger partial charge in [-0.1, -0.05) is 83.8 Å². The maximum Gasteiger partial charge on any atom is 0.150 e. The molecule has 3 rings (SSSR count). The van der Waals surface area contributed by atoms with E-state index in [1.807, 2.05) is 0 Å². The van der Waals surface area contributed by atoms with Gasteiger partial charge < -0.3 is 5.11 Å². The summed E-state index contributed by atoms with van der Waals surface area (Å²) in [6.07, 6.45) is 8.09. The zero-order chi connectivity index (χ0) is 29.7. The molecule has 3 atom stereocenters. The summed E-state index contributed by atoms with van der Waals surface area (Å²) >= 11 is 2.32.